The Labute approximate surface area is 108 Å². The predicted octanol–water partition coefficient (Wildman–Crippen LogP) is 2.47. The van der Waals surface area contributed by atoms with Gasteiger partial charge >= 0.3 is 5.97 Å². The molecule has 0 spiro atoms. The van der Waals surface area contributed by atoms with Crippen molar-refractivity contribution in [1.82, 2.24) is 0 Å². The van der Waals surface area contributed by atoms with E-state index in [4.69, 9.17) is 4.74 Å². The van der Waals surface area contributed by atoms with Crippen LogP contribution >= 0.6 is 0 Å². The lowest BCUT2D eigenvalue weighted by molar-refractivity contribution is -0.175. The molecule has 1 fully saturated rings. The number of ether oxygens (including phenoxy) is 1. The van der Waals surface area contributed by atoms with Crippen molar-refractivity contribution >= 4 is 5.97 Å². The van der Waals surface area contributed by atoms with Gasteiger partial charge in [0, 0.05) is 6.42 Å². The maximum absolute atomic E-state index is 12.0. The van der Waals surface area contributed by atoms with Gasteiger partial charge in [0.1, 0.15) is 6.10 Å². The third-order valence-corrected chi connectivity index (χ3v) is 3.63. The molecule has 18 heavy (non-hydrogen) atoms. The van der Waals surface area contributed by atoms with E-state index in [0.717, 1.165) is 24.8 Å². The average Bonchev–Trinajstić information content (AvgIpc) is 2.34. The molecule has 3 nitrogen and oxygen atoms in total. The van der Waals surface area contributed by atoms with Crippen LogP contribution in [0, 0.1) is 0 Å². The lowest BCUT2D eigenvalue weighted by Crippen LogP contribution is -2.44. The minimum absolute atomic E-state index is 0.0198. The third-order valence-electron chi connectivity index (χ3n) is 3.63. The van der Waals surface area contributed by atoms with Gasteiger partial charge in [-0.2, -0.15) is 0 Å². The summed E-state index contributed by atoms with van der Waals surface area (Å²) in [6, 6.07) is 9.56. The van der Waals surface area contributed by atoms with Crippen molar-refractivity contribution in [2.75, 3.05) is 0 Å². The van der Waals surface area contributed by atoms with E-state index in [1.54, 1.807) is 0 Å². The van der Waals surface area contributed by atoms with Crippen molar-refractivity contribution < 1.29 is 14.6 Å². The highest BCUT2D eigenvalue weighted by atomic mass is 16.6. The highest BCUT2D eigenvalue weighted by molar-refractivity contribution is 5.79. The molecule has 1 aromatic rings. The lowest BCUT2D eigenvalue weighted by atomic mass is 9.91. The molecule has 0 radical (unpaired) electrons. The fourth-order valence-corrected chi connectivity index (χ4v) is 2.02. The smallest absolute Gasteiger partial charge is 0.338 e. The topological polar surface area (TPSA) is 46.5 Å². The minimum atomic E-state index is -1.39. The van der Waals surface area contributed by atoms with Crippen molar-refractivity contribution in [3.8, 4) is 0 Å². The van der Waals surface area contributed by atoms with Gasteiger partial charge in [-0.05, 0) is 31.2 Å². The number of esters is 1. The van der Waals surface area contributed by atoms with E-state index >= 15 is 0 Å². The van der Waals surface area contributed by atoms with Crippen LogP contribution in [-0.4, -0.2) is 22.8 Å². The Kier molecular flexibility index (Phi) is 4.02. The monoisotopic (exact) mass is 248 g/mol. The van der Waals surface area contributed by atoms with E-state index < -0.39 is 11.6 Å². The molecular weight excluding hydrogens is 228 g/mol. The van der Waals surface area contributed by atoms with E-state index in [2.05, 4.69) is 0 Å². The normalized spacial score (nSPS) is 18.8. The predicted molar refractivity (Wildman–Crippen MR) is 69.1 cm³/mol. The highest BCUT2D eigenvalue weighted by Gasteiger charge is 2.38. The van der Waals surface area contributed by atoms with Gasteiger partial charge in [0.05, 0.1) is 0 Å². The molecule has 0 heterocycles. The Bertz CT molecular complexity index is 397. The molecule has 1 aliphatic carbocycles. The zero-order chi connectivity index (χ0) is 13.0. The lowest BCUT2D eigenvalue weighted by Gasteiger charge is -2.31. The van der Waals surface area contributed by atoms with Crippen LogP contribution in [0.1, 0.15) is 38.2 Å². The van der Waals surface area contributed by atoms with Gasteiger partial charge in [-0.15, -0.1) is 0 Å². The van der Waals surface area contributed by atoms with E-state index in [1.807, 2.05) is 37.3 Å². The Morgan fingerprint density at radius 3 is 2.56 bits per heavy atom. The first kappa shape index (κ1) is 13.1. The Morgan fingerprint density at radius 1 is 1.39 bits per heavy atom. The summed E-state index contributed by atoms with van der Waals surface area (Å²) in [5.41, 5.74) is -0.441. The van der Waals surface area contributed by atoms with Gasteiger partial charge in [0.15, 0.2) is 5.60 Å². The Balaban J connectivity index is 2.01. The van der Waals surface area contributed by atoms with E-state index in [1.165, 1.54) is 0 Å². The molecule has 1 atom stereocenters. The van der Waals surface area contributed by atoms with Crippen molar-refractivity contribution in [2.24, 2.45) is 0 Å². The molecule has 0 aliphatic heterocycles. The largest absolute Gasteiger partial charge is 0.460 e. The maximum Gasteiger partial charge on any atom is 0.338 e. The van der Waals surface area contributed by atoms with E-state index in [9.17, 15) is 9.90 Å². The molecule has 0 bridgehead atoms. The standard InChI is InChI=1S/C15H20O3/c1-2-15(17,11-12-7-4-3-5-8-12)14(16)18-13-9-6-10-13/h3-5,7-8,13,17H,2,6,9-11H2,1H3. The van der Waals surface area contributed by atoms with E-state index in [-0.39, 0.29) is 6.10 Å². The Hall–Kier alpha value is -1.35. The summed E-state index contributed by atoms with van der Waals surface area (Å²) in [6.07, 6.45) is 3.67. The average molecular weight is 248 g/mol. The van der Waals surface area contributed by atoms with Crippen LogP contribution in [0.4, 0.5) is 0 Å². The molecule has 0 aromatic heterocycles. The summed E-state index contributed by atoms with van der Waals surface area (Å²) in [6.45, 7) is 1.81. The molecule has 1 unspecified atom stereocenters. The van der Waals surface area contributed by atoms with Gasteiger partial charge in [0.25, 0.3) is 0 Å². The van der Waals surface area contributed by atoms with Gasteiger partial charge in [0.2, 0.25) is 0 Å². The first-order valence-corrected chi connectivity index (χ1v) is 6.61. The SMILES string of the molecule is CCC(O)(Cc1ccccc1)C(=O)OC1CCC1. The van der Waals surface area contributed by atoms with Crippen molar-refractivity contribution in [2.45, 2.75) is 50.7 Å². The maximum atomic E-state index is 12.0. The quantitative estimate of drug-likeness (QED) is 0.814. The summed E-state index contributed by atoms with van der Waals surface area (Å²) in [4.78, 5) is 12.0. The summed E-state index contributed by atoms with van der Waals surface area (Å²) in [5.74, 6) is -0.474. The van der Waals surface area contributed by atoms with Crippen molar-refractivity contribution in [3.05, 3.63) is 35.9 Å². The summed E-state index contributed by atoms with van der Waals surface area (Å²) in [7, 11) is 0. The van der Waals surface area contributed by atoms with E-state index in [0.29, 0.717) is 12.8 Å². The number of aliphatic hydroxyl groups is 1. The second-order valence-corrected chi connectivity index (χ2v) is 5.01. The molecule has 1 aliphatic rings. The third kappa shape index (κ3) is 2.91. The second-order valence-electron chi connectivity index (χ2n) is 5.01. The molecule has 1 N–H and O–H groups in total. The molecule has 0 amide bonds. The number of hydrogen-bond donors (Lipinski definition) is 1. The number of rotatable bonds is 5. The second kappa shape index (κ2) is 5.53. The molecule has 1 aromatic carbocycles. The van der Waals surface area contributed by atoms with Crippen LogP contribution < -0.4 is 0 Å². The minimum Gasteiger partial charge on any atom is -0.460 e. The van der Waals surface area contributed by atoms with Crippen LogP contribution in [0.15, 0.2) is 30.3 Å². The zero-order valence-corrected chi connectivity index (χ0v) is 10.8. The number of carbonyl (C=O) groups excluding carboxylic acids is 1. The van der Waals surface area contributed by atoms with Gasteiger partial charge in [-0.25, -0.2) is 4.79 Å². The van der Waals surface area contributed by atoms with Crippen LogP contribution in [0.3, 0.4) is 0 Å². The van der Waals surface area contributed by atoms with Crippen LogP contribution in [-0.2, 0) is 16.0 Å². The van der Waals surface area contributed by atoms with Gasteiger partial charge in [-0.1, -0.05) is 37.3 Å². The Morgan fingerprint density at radius 2 is 2.06 bits per heavy atom. The van der Waals surface area contributed by atoms with Gasteiger partial charge in [-0.3, -0.25) is 0 Å². The van der Waals surface area contributed by atoms with Gasteiger partial charge < -0.3 is 9.84 Å². The number of carbonyl (C=O) groups is 1. The fraction of sp³-hybridized carbons (Fsp3) is 0.533. The molecule has 1 saturated carbocycles. The molecular formula is C15H20O3. The zero-order valence-electron chi connectivity index (χ0n) is 10.8. The summed E-state index contributed by atoms with van der Waals surface area (Å²) in [5, 5.41) is 10.4. The van der Waals surface area contributed by atoms with Crippen molar-refractivity contribution in [1.29, 1.82) is 0 Å². The number of benzene rings is 1. The van der Waals surface area contributed by atoms with Crippen LogP contribution in [0.25, 0.3) is 0 Å². The summed E-state index contributed by atoms with van der Waals surface area (Å²) >= 11 is 0. The summed E-state index contributed by atoms with van der Waals surface area (Å²) < 4.78 is 5.33. The number of hydrogen-bond acceptors (Lipinski definition) is 3. The van der Waals surface area contributed by atoms with Crippen LogP contribution in [0.5, 0.6) is 0 Å². The molecule has 98 valence electrons. The first-order chi connectivity index (χ1) is 8.64. The van der Waals surface area contributed by atoms with Crippen LogP contribution in [0.2, 0.25) is 0 Å². The molecule has 2 rings (SSSR count). The van der Waals surface area contributed by atoms with Crippen molar-refractivity contribution in [3.63, 3.8) is 0 Å². The first-order valence-electron chi connectivity index (χ1n) is 6.61. The highest BCUT2D eigenvalue weighted by Crippen LogP contribution is 2.26. The molecule has 3 heteroatoms. The fourth-order valence-electron chi connectivity index (χ4n) is 2.02. The molecule has 0 saturated heterocycles.